The Labute approximate surface area is 118 Å². The highest BCUT2D eigenvalue weighted by atomic mass is 16.6. The molecule has 0 aliphatic carbocycles. The number of aromatic carboxylic acids is 1. The van der Waals surface area contributed by atoms with Crippen LogP contribution in [-0.2, 0) is 0 Å². The number of nitro benzene ring substituents is 1. The van der Waals surface area contributed by atoms with E-state index in [1.54, 1.807) is 6.92 Å². The van der Waals surface area contributed by atoms with Crippen LogP contribution in [0.3, 0.4) is 0 Å². The zero-order valence-corrected chi connectivity index (χ0v) is 12.2. The molecule has 0 heterocycles. The lowest BCUT2D eigenvalue weighted by Crippen LogP contribution is -2.33. The van der Waals surface area contributed by atoms with E-state index >= 15 is 0 Å². The average molecular weight is 280 g/mol. The summed E-state index contributed by atoms with van der Waals surface area (Å²) in [4.78, 5) is 21.6. The molecule has 1 rings (SSSR count). The molecule has 2 N–H and O–H groups in total. The SMILES string of the molecule is CCC(C)(CC)Nc1cc(C(=O)O)cc([N+](=O)[O-])c1C. The van der Waals surface area contributed by atoms with Gasteiger partial charge in [-0.15, -0.1) is 0 Å². The molecular formula is C14H20N2O4. The van der Waals surface area contributed by atoms with Gasteiger partial charge in [-0.3, -0.25) is 10.1 Å². The maximum Gasteiger partial charge on any atom is 0.336 e. The third kappa shape index (κ3) is 3.26. The Morgan fingerprint density at radius 1 is 1.40 bits per heavy atom. The minimum atomic E-state index is -1.18. The summed E-state index contributed by atoms with van der Waals surface area (Å²) in [5, 5.41) is 23.4. The highest BCUT2D eigenvalue weighted by Gasteiger charge is 2.24. The van der Waals surface area contributed by atoms with Gasteiger partial charge in [0.15, 0.2) is 0 Å². The summed E-state index contributed by atoms with van der Waals surface area (Å²) in [5.74, 6) is -1.18. The molecule has 6 heteroatoms. The number of benzene rings is 1. The van der Waals surface area contributed by atoms with Gasteiger partial charge in [0.1, 0.15) is 0 Å². The van der Waals surface area contributed by atoms with Crippen LogP contribution in [0.4, 0.5) is 11.4 Å². The second-order valence-electron chi connectivity index (χ2n) is 5.12. The highest BCUT2D eigenvalue weighted by molar-refractivity contribution is 5.90. The first-order valence-corrected chi connectivity index (χ1v) is 6.54. The molecule has 6 nitrogen and oxygen atoms in total. The van der Waals surface area contributed by atoms with Gasteiger partial charge in [0, 0.05) is 22.9 Å². The molecule has 1 aromatic rings. The van der Waals surface area contributed by atoms with Gasteiger partial charge in [-0.05, 0) is 32.8 Å². The maximum atomic E-state index is 11.1. The average Bonchev–Trinajstić information content (AvgIpc) is 2.40. The van der Waals surface area contributed by atoms with Gasteiger partial charge in [-0.2, -0.15) is 0 Å². The van der Waals surface area contributed by atoms with E-state index < -0.39 is 10.9 Å². The summed E-state index contributed by atoms with van der Waals surface area (Å²) in [6.07, 6.45) is 1.65. The highest BCUT2D eigenvalue weighted by Crippen LogP contribution is 2.31. The molecule has 1 aromatic carbocycles. The summed E-state index contributed by atoms with van der Waals surface area (Å²) in [7, 11) is 0. The minimum Gasteiger partial charge on any atom is -0.478 e. The topological polar surface area (TPSA) is 92.5 Å². The molecule has 0 aromatic heterocycles. The number of nitrogens with one attached hydrogen (secondary N) is 1. The maximum absolute atomic E-state index is 11.1. The second kappa shape index (κ2) is 5.90. The van der Waals surface area contributed by atoms with Crippen molar-refractivity contribution in [2.45, 2.75) is 46.1 Å². The lowest BCUT2D eigenvalue weighted by Gasteiger charge is -2.30. The Morgan fingerprint density at radius 3 is 2.35 bits per heavy atom. The van der Waals surface area contributed by atoms with Gasteiger partial charge in [-0.25, -0.2) is 4.79 Å². The van der Waals surface area contributed by atoms with Crippen LogP contribution < -0.4 is 5.32 Å². The number of rotatable bonds is 6. The number of carboxylic acid groups (broad SMARTS) is 1. The normalized spacial score (nSPS) is 11.2. The van der Waals surface area contributed by atoms with Crippen LogP contribution >= 0.6 is 0 Å². The second-order valence-corrected chi connectivity index (χ2v) is 5.12. The molecule has 0 bridgehead atoms. The summed E-state index contributed by atoms with van der Waals surface area (Å²) < 4.78 is 0. The molecule has 0 atom stereocenters. The van der Waals surface area contributed by atoms with Crippen molar-refractivity contribution in [3.63, 3.8) is 0 Å². The van der Waals surface area contributed by atoms with Crippen LogP contribution in [0.1, 0.15) is 49.5 Å². The van der Waals surface area contributed by atoms with E-state index in [0.29, 0.717) is 11.3 Å². The molecule has 110 valence electrons. The third-order valence-corrected chi connectivity index (χ3v) is 3.82. The Hall–Kier alpha value is -2.11. The number of nitro groups is 1. The fourth-order valence-electron chi connectivity index (χ4n) is 1.89. The van der Waals surface area contributed by atoms with E-state index in [1.807, 2.05) is 20.8 Å². The van der Waals surface area contributed by atoms with E-state index in [1.165, 1.54) is 6.07 Å². The van der Waals surface area contributed by atoms with Crippen LogP contribution in [0.5, 0.6) is 0 Å². The predicted molar refractivity (Wildman–Crippen MR) is 77.4 cm³/mol. The monoisotopic (exact) mass is 280 g/mol. The summed E-state index contributed by atoms with van der Waals surface area (Å²) in [6.45, 7) is 7.66. The number of hydrogen-bond acceptors (Lipinski definition) is 4. The predicted octanol–water partition coefficient (Wildman–Crippen LogP) is 3.59. The van der Waals surface area contributed by atoms with Gasteiger partial charge in [0.05, 0.1) is 10.5 Å². The molecule has 0 saturated heterocycles. The Kier molecular flexibility index (Phi) is 4.70. The standard InChI is InChI=1S/C14H20N2O4/c1-5-14(4,6-2)15-11-7-10(13(17)18)8-12(9(11)3)16(19)20/h7-8,15H,5-6H2,1-4H3,(H,17,18). The lowest BCUT2D eigenvalue weighted by molar-refractivity contribution is -0.385. The zero-order valence-electron chi connectivity index (χ0n) is 12.2. The summed E-state index contributed by atoms with van der Waals surface area (Å²) in [5.41, 5.74) is 0.465. The van der Waals surface area contributed by atoms with Crippen LogP contribution in [0.2, 0.25) is 0 Å². The Balaban J connectivity index is 3.38. The van der Waals surface area contributed by atoms with Crippen molar-refractivity contribution >= 4 is 17.3 Å². The minimum absolute atomic E-state index is 0.0839. The summed E-state index contributed by atoms with van der Waals surface area (Å²) >= 11 is 0. The van der Waals surface area contributed by atoms with E-state index in [-0.39, 0.29) is 16.8 Å². The molecule has 0 aliphatic heterocycles. The molecule has 0 spiro atoms. The van der Waals surface area contributed by atoms with Gasteiger partial charge < -0.3 is 10.4 Å². The van der Waals surface area contributed by atoms with Crippen molar-refractivity contribution in [1.29, 1.82) is 0 Å². The van der Waals surface area contributed by atoms with Crippen LogP contribution in [0.15, 0.2) is 12.1 Å². The fourth-order valence-corrected chi connectivity index (χ4v) is 1.89. The Morgan fingerprint density at radius 2 is 1.95 bits per heavy atom. The van der Waals surface area contributed by atoms with Gasteiger partial charge in [0.25, 0.3) is 5.69 Å². The van der Waals surface area contributed by atoms with E-state index in [9.17, 15) is 14.9 Å². The van der Waals surface area contributed by atoms with Crippen LogP contribution in [0, 0.1) is 17.0 Å². The van der Waals surface area contributed by atoms with E-state index in [4.69, 9.17) is 5.11 Å². The smallest absolute Gasteiger partial charge is 0.336 e. The van der Waals surface area contributed by atoms with E-state index in [2.05, 4.69) is 5.32 Å². The van der Waals surface area contributed by atoms with Crippen LogP contribution in [-0.4, -0.2) is 21.5 Å². The molecule has 0 radical (unpaired) electrons. The fraction of sp³-hybridized carbons (Fsp3) is 0.500. The molecular weight excluding hydrogens is 260 g/mol. The van der Waals surface area contributed by atoms with E-state index in [0.717, 1.165) is 18.9 Å². The molecule has 0 fully saturated rings. The number of carboxylic acids is 1. The number of carbonyl (C=O) groups is 1. The lowest BCUT2D eigenvalue weighted by atomic mass is 9.94. The number of hydrogen-bond donors (Lipinski definition) is 2. The van der Waals surface area contributed by atoms with Crippen molar-refractivity contribution in [1.82, 2.24) is 0 Å². The molecule has 0 amide bonds. The molecule has 0 aliphatic rings. The van der Waals surface area contributed by atoms with Crippen LogP contribution in [0.25, 0.3) is 0 Å². The molecule has 20 heavy (non-hydrogen) atoms. The number of nitrogens with zero attached hydrogens (tertiary/aromatic N) is 1. The van der Waals surface area contributed by atoms with Gasteiger partial charge in [-0.1, -0.05) is 13.8 Å². The first-order chi connectivity index (χ1) is 9.24. The van der Waals surface area contributed by atoms with Gasteiger partial charge >= 0.3 is 5.97 Å². The van der Waals surface area contributed by atoms with Crippen molar-refractivity contribution in [2.24, 2.45) is 0 Å². The quantitative estimate of drug-likeness (QED) is 0.613. The van der Waals surface area contributed by atoms with Gasteiger partial charge in [0.2, 0.25) is 0 Å². The largest absolute Gasteiger partial charge is 0.478 e. The Bertz CT molecular complexity index is 536. The van der Waals surface area contributed by atoms with Crippen molar-refractivity contribution < 1.29 is 14.8 Å². The number of anilines is 1. The third-order valence-electron chi connectivity index (χ3n) is 3.82. The first kappa shape index (κ1) is 15.9. The van der Waals surface area contributed by atoms with Crippen molar-refractivity contribution in [3.05, 3.63) is 33.4 Å². The van der Waals surface area contributed by atoms with Crippen molar-refractivity contribution in [2.75, 3.05) is 5.32 Å². The summed E-state index contributed by atoms with van der Waals surface area (Å²) in [6, 6.07) is 2.55. The first-order valence-electron chi connectivity index (χ1n) is 6.54. The zero-order chi connectivity index (χ0) is 15.5. The van der Waals surface area contributed by atoms with Crippen molar-refractivity contribution in [3.8, 4) is 0 Å². The molecule has 0 unspecified atom stereocenters. The molecule has 0 saturated carbocycles.